The molecule has 0 saturated carbocycles. The topological polar surface area (TPSA) is 87.7 Å². The highest BCUT2D eigenvalue weighted by Crippen LogP contribution is 2.33. The predicted molar refractivity (Wildman–Crippen MR) is 86.2 cm³/mol. The number of rotatable bonds is 3. The number of halogens is 3. The van der Waals surface area contributed by atoms with Crippen LogP contribution in [0.2, 0.25) is 0 Å². The second-order valence-corrected chi connectivity index (χ2v) is 6.34. The van der Waals surface area contributed by atoms with Crippen molar-refractivity contribution in [2.45, 2.75) is 31.4 Å². The third-order valence-electron chi connectivity index (χ3n) is 4.66. The highest BCUT2D eigenvalue weighted by atomic mass is 19.4. The predicted octanol–water partition coefficient (Wildman–Crippen LogP) is 2.56. The zero-order valence-corrected chi connectivity index (χ0v) is 13.6. The molecule has 1 fully saturated rings. The summed E-state index contributed by atoms with van der Waals surface area (Å²) in [5.74, 6) is -0.499. The normalized spacial score (nSPS) is 18.1. The van der Waals surface area contributed by atoms with Crippen molar-refractivity contribution in [1.82, 2.24) is 30.0 Å². The number of aromatic nitrogens is 5. The maximum absolute atomic E-state index is 12.3. The number of alkyl halides is 3. The lowest BCUT2D eigenvalue weighted by atomic mass is 10.00. The van der Waals surface area contributed by atoms with Gasteiger partial charge < -0.3 is 9.88 Å². The fraction of sp³-hybridized carbons (Fsp3) is 0.438. The van der Waals surface area contributed by atoms with Crippen LogP contribution in [0.5, 0.6) is 0 Å². The third-order valence-corrected chi connectivity index (χ3v) is 4.66. The highest BCUT2D eigenvalue weighted by molar-refractivity contribution is 6.02. The molecule has 0 bridgehead atoms. The Balaban J connectivity index is 1.59. The Hall–Kier alpha value is -2.78. The molecule has 4 rings (SSSR count). The van der Waals surface area contributed by atoms with E-state index in [0.717, 1.165) is 16.5 Å². The van der Waals surface area contributed by atoms with Gasteiger partial charge in [0, 0.05) is 42.7 Å². The van der Waals surface area contributed by atoms with E-state index in [1.807, 2.05) is 6.07 Å². The number of H-pyrrole nitrogens is 1. The van der Waals surface area contributed by atoms with Gasteiger partial charge in [0.05, 0.1) is 18.1 Å². The molecular formula is C16H15F3N6O. The van der Waals surface area contributed by atoms with Gasteiger partial charge in [-0.1, -0.05) is 0 Å². The van der Waals surface area contributed by atoms with Crippen LogP contribution < -0.4 is 0 Å². The molecular weight excluding hydrogens is 349 g/mol. The molecule has 1 aliphatic rings. The minimum atomic E-state index is -4.32. The van der Waals surface area contributed by atoms with Crippen LogP contribution in [0, 0.1) is 0 Å². The first kappa shape index (κ1) is 16.7. The van der Waals surface area contributed by atoms with Gasteiger partial charge in [-0.25, -0.2) is 9.97 Å². The Bertz CT molecular complexity index is 969. The molecule has 0 aliphatic carbocycles. The average molecular weight is 364 g/mol. The number of hydrogen-bond donors (Lipinski definition) is 1. The van der Waals surface area contributed by atoms with Crippen LogP contribution in [0.3, 0.4) is 0 Å². The molecule has 3 aromatic heterocycles. The third kappa shape index (κ3) is 3.06. The number of nitrogens with one attached hydrogen (secondary N) is 1. The van der Waals surface area contributed by atoms with Crippen molar-refractivity contribution in [3.63, 3.8) is 0 Å². The Morgan fingerprint density at radius 2 is 2.08 bits per heavy atom. The summed E-state index contributed by atoms with van der Waals surface area (Å²) in [4.78, 5) is 25.0. The van der Waals surface area contributed by atoms with E-state index in [0.29, 0.717) is 30.8 Å². The zero-order valence-electron chi connectivity index (χ0n) is 13.6. The quantitative estimate of drug-likeness (QED) is 0.772. The summed E-state index contributed by atoms with van der Waals surface area (Å²) in [5, 5.41) is 9.71. The van der Waals surface area contributed by atoms with E-state index >= 15 is 0 Å². The molecule has 1 aliphatic heterocycles. The summed E-state index contributed by atoms with van der Waals surface area (Å²) in [6.07, 6.45) is -2.11. The van der Waals surface area contributed by atoms with E-state index in [4.69, 9.17) is 0 Å². The monoisotopic (exact) mass is 364 g/mol. The molecule has 1 N–H and O–H groups in total. The van der Waals surface area contributed by atoms with Crippen molar-refractivity contribution < 1.29 is 18.0 Å². The molecule has 26 heavy (non-hydrogen) atoms. The molecule has 1 saturated heterocycles. The molecule has 1 amide bonds. The molecule has 0 spiro atoms. The Labute approximate surface area is 145 Å². The van der Waals surface area contributed by atoms with E-state index in [1.165, 1.54) is 11.2 Å². The maximum Gasteiger partial charge on any atom is 0.389 e. The van der Waals surface area contributed by atoms with Gasteiger partial charge in [-0.2, -0.15) is 13.2 Å². The van der Waals surface area contributed by atoms with Crippen molar-refractivity contribution in [3.05, 3.63) is 24.3 Å². The van der Waals surface area contributed by atoms with E-state index in [9.17, 15) is 18.0 Å². The van der Waals surface area contributed by atoms with Crippen LogP contribution in [0.1, 0.15) is 30.9 Å². The summed E-state index contributed by atoms with van der Waals surface area (Å²) in [6, 6.07) is 1.83. The second kappa shape index (κ2) is 6.19. The fourth-order valence-corrected chi connectivity index (χ4v) is 3.41. The van der Waals surface area contributed by atoms with Crippen LogP contribution >= 0.6 is 0 Å². The highest BCUT2D eigenvalue weighted by Gasteiger charge is 2.33. The van der Waals surface area contributed by atoms with Gasteiger partial charge in [0.1, 0.15) is 0 Å². The standard InChI is InChI=1S/C16H15F3N6O/c17-16(18,19)4-1-11(26)25-6-3-9(7-25)13-12-10-2-5-20-14(10)23-24-15(12)22-8-21-13/h2,5,8-9H,1,3-4,6-7H2,(H,21,22,24). The first-order valence-electron chi connectivity index (χ1n) is 8.21. The number of carbonyl (C=O) groups excluding carboxylic acids is 1. The lowest BCUT2D eigenvalue weighted by molar-refractivity contribution is -0.148. The number of fused-ring (bicyclic) bond motifs is 3. The summed E-state index contributed by atoms with van der Waals surface area (Å²) in [7, 11) is 0. The van der Waals surface area contributed by atoms with Gasteiger partial charge in [-0.05, 0) is 12.5 Å². The SMILES string of the molecule is O=C(CCC(F)(F)F)N1CCC(c2[nH]cnc3nnc4nccc4c23)C1. The molecule has 4 heterocycles. The Morgan fingerprint density at radius 3 is 2.88 bits per heavy atom. The number of nitrogens with zero attached hydrogens (tertiary/aromatic N) is 5. The Kier molecular flexibility index (Phi) is 3.97. The molecule has 1 atom stereocenters. The zero-order chi connectivity index (χ0) is 18.3. The summed E-state index contributed by atoms with van der Waals surface area (Å²) in [6.45, 7) is 0.796. The molecule has 136 valence electrons. The van der Waals surface area contributed by atoms with E-state index in [2.05, 4.69) is 25.1 Å². The van der Waals surface area contributed by atoms with Crippen molar-refractivity contribution in [3.8, 4) is 0 Å². The number of hydrogen-bond acceptors (Lipinski definition) is 5. The largest absolute Gasteiger partial charge is 0.389 e. The number of amides is 1. The van der Waals surface area contributed by atoms with E-state index in [-0.39, 0.29) is 5.92 Å². The van der Waals surface area contributed by atoms with Crippen LogP contribution in [0.25, 0.3) is 22.1 Å². The van der Waals surface area contributed by atoms with Crippen molar-refractivity contribution >= 4 is 28.0 Å². The van der Waals surface area contributed by atoms with Crippen LogP contribution in [-0.2, 0) is 4.79 Å². The lowest BCUT2D eigenvalue weighted by Crippen LogP contribution is -2.29. The summed E-state index contributed by atoms with van der Waals surface area (Å²) < 4.78 is 37.0. The molecule has 0 aromatic carbocycles. The van der Waals surface area contributed by atoms with Gasteiger partial charge in [-0.15, -0.1) is 10.2 Å². The number of likely N-dealkylation sites (tertiary alicyclic amines) is 1. The molecule has 10 heteroatoms. The fourth-order valence-electron chi connectivity index (χ4n) is 3.41. The van der Waals surface area contributed by atoms with Crippen LogP contribution in [0.4, 0.5) is 13.2 Å². The maximum atomic E-state index is 12.3. The number of carbonyl (C=O) groups is 1. The second-order valence-electron chi connectivity index (χ2n) is 6.34. The minimum absolute atomic E-state index is 0.0300. The van der Waals surface area contributed by atoms with Gasteiger partial charge >= 0.3 is 6.18 Å². The van der Waals surface area contributed by atoms with Gasteiger partial charge in [0.2, 0.25) is 5.91 Å². The molecule has 7 nitrogen and oxygen atoms in total. The smallest absolute Gasteiger partial charge is 0.349 e. The summed E-state index contributed by atoms with van der Waals surface area (Å²) in [5.41, 5.74) is 1.84. The lowest BCUT2D eigenvalue weighted by Gasteiger charge is -2.18. The molecule has 0 radical (unpaired) electrons. The van der Waals surface area contributed by atoms with Gasteiger partial charge in [0.25, 0.3) is 0 Å². The van der Waals surface area contributed by atoms with Gasteiger partial charge in [-0.3, -0.25) is 4.79 Å². The minimum Gasteiger partial charge on any atom is -0.349 e. The molecule has 3 aromatic rings. The van der Waals surface area contributed by atoms with Crippen LogP contribution in [0.15, 0.2) is 18.6 Å². The van der Waals surface area contributed by atoms with Gasteiger partial charge in [0.15, 0.2) is 11.3 Å². The molecule has 1 unspecified atom stereocenters. The van der Waals surface area contributed by atoms with E-state index < -0.39 is 24.9 Å². The average Bonchev–Trinajstić information content (AvgIpc) is 3.27. The van der Waals surface area contributed by atoms with Crippen molar-refractivity contribution in [1.29, 1.82) is 0 Å². The van der Waals surface area contributed by atoms with Crippen molar-refractivity contribution in [2.24, 2.45) is 0 Å². The van der Waals surface area contributed by atoms with E-state index in [1.54, 1.807) is 6.20 Å². The Morgan fingerprint density at radius 1 is 1.27 bits per heavy atom. The number of aromatic amines is 1. The first-order valence-corrected chi connectivity index (χ1v) is 8.21. The first-order chi connectivity index (χ1) is 12.4. The van der Waals surface area contributed by atoms with Crippen molar-refractivity contribution in [2.75, 3.05) is 13.1 Å². The van der Waals surface area contributed by atoms with Crippen LogP contribution in [-0.4, -0.2) is 55.2 Å². The summed E-state index contributed by atoms with van der Waals surface area (Å²) >= 11 is 0.